The van der Waals surface area contributed by atoms with Crippen LogP contribution < -0.4 is 9.62 Å². The van der Waals surface area contributed by atoms with Gasteiger partial charge in [0, 0.05) is 18.6 Å². The highest BCUT2D eigenvalue weighted by Gasteiger charge is 2.36. The molecule has 0 saturated heterocycles. The van der Waals surface area contributed by atoms with Crippen molar-refractivity contribution in [3.63, 3.8) is 0 Å². The Morgan fingerprint density at radius 2 is 1.71 bits per heavy atom. The molecule has 0 aliphatic carbocycles. The third kappa shape index (κ3) is 7.25. The number of benzene rings is 2. The zero-order valence-electron chi connectivity index (χ0n) is 19.1. The first-order valence-corrected chi connectivity index (χ1v) is 12.9. The molecule has 35 heavy (non-hydrogen) atoms. The van der Waals surface area contributed by atoms with Gasteiger partial charge in [-0.1, -0.05) is 48.3 Å². The first-order valence-electron chi connectivity index (χ1n) is 10.3. The second-order valence-electron chi connectivity index (χ2n) is 7.58. The van der Waals surface area contributed by atoms with E-state index in [4.69, 9.17) is 23.2 Å². The number of amides is 2. The van der Waals surface area contributed by atoms with Gasteiger partial charge in [-0.25, -0.2) is 8.42 Å². The van der Waals surface area contributed by atoms with Crippen LogP contribution in [0, 0.1) is 0 Å². The summed E-state index contributed by atoms with van der Waals surface area (Å²) in [4.78, 5) is 27.1. The Hall–Kier alpha value is -2.50. The third-order valence-corrected chi connectivity index (χ3v) is 6.99. The van der Waals surface area contributed by atoms with E-state index in [2.05, 4.69) is 5.32 Å². The van der Waals surface area contributed by atoms with Crippen molar-refractivity contribution in [3.8, 4) is 0 Å². The molecule has 0 aromatic heterocycles. The maximum absolute atomic E-state index is 13.4. The van der Waals surface area contributed by atoms with Crippen LogP contribution in [0.2, 0.25) is 10.0 Å². The predicted molar refractivity (Wildman–Crippen MR) is 129 cm³/mol. The number of carbonyl (C=O) groups excluding carboxylic acids is 2. The number of rotatable bonds is 9. The number of carbonyl (C=O) groups is 2. The normalized spacial score (nSPS) is 12.7. The number of likely N-dealkylation sites (N-methyl/N-ethyl adjacent to an activating group) is 1. The molecule has 0 unspecified atom stereocenters. The molecule has 1 atom stereocenters. The molecule has 7 nitrogen and oxygen atoms in total. The van der Waals surface area contributed by atoms with Crippen LogP contribution in [0.5, 0.6) is 0 Å². The molecule has 1 N–H and O–H groups in total. The molecule has 0 fully saturated rings. The second-order valence-corrected chi connectivity index (χ2v) is 10.3. The van der Waals surface area contributed by atoms with Gasteiger partial charge < -0.3 is 10.2 Å². The monoisotopic (exact) mass is 553 g/mol. The average molecular weight is 554 g/mol. The Labute approximate surface area is 211 Å². The van der Waals surface area contributed by atoms with E-state index in [1.165, 1.54) is 7.05 Å². The number of anilines is 1. The third-order valence-electron chi connectivity index (χ3n) is 5.15. The molecule has 0 spiro atoms. The Morgan fingerprint density at radius 3 is 2.23 bits per heavy atom. The zero-order valence-corrected chi connectivity index (χ0v) is 21.4. The number of nitrogens with zero attached hydrogens (tertiary/aromatic N) is 2. The van der Waals surface area contributed by atoms with Crippen molar-refractivity contribution in [2.75, 3.05) is 24.2 Å². The molecule has 2 rings (SSSR count). The SMILES string of the molecule is CC[C@H](C(=O)NC)N(Cc1ccccc1Cl)C(=O)CN(c1ccc(Cl)c(C(F)(F)F)c1)S(C)(=O)=O. The predicted octanol–water partition coefficient (Wildman–Crippen LogP) is 4.33. The molecule has 2 aromatic rings. The number of hydrogen-bond donors (Lipinski definition) is 1. The Kier molecular flexibility index (Phi) is 9.43. The molecule has 0 heterocycles. The molecular weight excluding hydrogens is 530 g/mol. The van der Waals surface area contributed by atoms with Crippen molar-refractivity contribution in [3.05, 3.63) is 63.6 Å². The van der Waals surface area contributed by atoms with E-state index < -0.39 is 56.9 Å². The van der Waals surface area contributed by atoms with Gasteiger partial charge in [-0.15, -0.1) is 0 Å². The second kappa shape index (κ2) is 11.5. The Bertz CT molecular complexity index is 1190. The summed E-state index contributed by atoms with van der Waals surface area (Å²) in [6, 6.07) is 8.14. The standard InChI is InChI=1S/C22H24Cl2F3N3O4S/c1-4-19(21(32)28-2)29(12-14-7-5-6-8-17(14)23)20(31)13-30(35(3,33)34)15-9-10-18(24)16(11-15)22(25,26)27/h5-11,19H,4,12-13H2,1-3H3,(H,28,32)/t19-/m1/s1. The van der Waals surface area contributed by atoms with Crippen molar-refractivity contribution >= 4 is 50.7 Å². The molecular formula is C22H24Cl2F3N3O4S. The van der Waals surface area contributed by atoms with E-state index in [1.807, 2.05) is 0 Å². The number of sulfonamides is 1. The molecule has 2 aromatic carbocycles. The van der Waals surface area contributed by atoms with Gasteiger partial charge in [0.15, 0.2) is 0 Å². The number of nitrogens with one attached hydrogen (secondary N) is 1. The van der Waals surface area contributed by atoms with Crippen molar-refractivity contribution < 1.29 is 31.2 Å². The van der Waals surface area contributed by atoms with Crippen LogP contribution in [-0.4, -0.2) is 51.0 Å². The summed E-state index contributed by atoms with van der Waals surface area (Å²) < 4.78 is 65.6. The minimum atomic E-state index is -4.84. The van der Waals surface area contributed by atoms with Crippen molar-refractivity contribution in [1.29, 1.82) is 0 Å². The van der Waals surface area contributed by atoms with Crippen molar-refractivity contribution in [1.82, 2.24) is 10.2 Å². The van der Waals surface area contributed by atoms with Gasteiger partial charge in [0.25, 0.3) is 0 Å². The van der Waals surface area contributed by atoms with Gasteiger partial charge >= 0.3 is 6.18 Å². The summed E-state index contributed by atoms with van der Waals surface area (Å²) in [7, 11) is -2.82. The highest BCUT2D eigenvalue weighted by atomic mass is 35.5. The molecule has 0 aliphatic rings. The van der Waals surface area contributed by atoms with Gasteiger partial charge in [-0.2, -0.15) is 13.2 Å². The van der Waals surface area contributed by atoms with Gasteiger partial charge in [0.05, 0.1) is 22.5 Å². The quantitative estimate of drug-likeness (QED) is 0.500. The molecule has 0 saturated carbocycles. The van der Waals surface area contributed by atoms with Gasteiger partial charge in [-0.05, 0) is 36.2 Å². The lowest BCUT2D eigenvalue weighted by Crippen LogP contribution is -2.51. The average Bonchev–Trinajstić information content (AvgIpc) is 2.77. The molecule has 2 amide bonds. The number of hydrogen-bond acceptors (Lipinski definition) is 4. The first-order chi connectivity index (χ1) is 16.2. The highest BCUT2D eigenvalue weighted by molar-refractivity contribution is 7.92. The van der Waals surface area contributed by atoms with Crippen molar-refractivity contribution in [2.24, 2.45) is 0 Å². The summed E-state index contributed by atoms with van der Waals surface area (Å²) in [5.41, 5.74) is -1.15. The minimum Gasteiger partial charge on any atom is -0.357 e. The van der Waals surface area contributed by atoms with Crippen LogP contribution >= 0.6 is 23.2 Å². The summed E-state index contributed by atoms with van der Waals surface area (Å²) in [5.74, 6) is -1.31. The fraction of sp³-hybridized carbons (Fsp3) is 0.364. The lowest BCUT2D eigenvalue weighted by molar-refractivity contribution is -0.140. The van der Waals surface area contributed by atoms with Crippen LogP contribution in [0.4, 0.5) is 18.9 Å². The molecule has 13 heteroatoms. The topological polar surface area (TPSA) is 86.8 Å². The van der Waals surface area contributed by atoms with E-state index in [-0.39, 0.29) is 13.0 Å². The zero-order chi connectivity index (χ0) is 26.6. The lowest BCUT2D eigenvalue weighted by Gasteiger charge is -2.33. The van der Waals surface area contributed by atoms with Crippen LogP contribution in [0.3, 0.4) is 0 Å². The number of alkyl halides is 3. The maximum atomic E-state index is 13.4. The van der Waals surface area contributed by atoms with E-state index in [9.17, 15) is 31.2 Å². The summed E-state index contributed by atoms with van der Waals surface area (Å²) >= 11 is 11.9. The van der Waals surface area contributed by atoms with E-state index in [0.717, 1.165) is 23.3 Å². The van der Waals surface area contributed by atoms with Crippen LogP contribution in [0.15, 0.2) is 42.5 Å². The fourth-order valence-corrected chi connectivity index (χ4v) is 4.66. The van der Waals surface area contributed by atoms with Crippen LogP contribution in [-0.2, 0) is 32.3 Å². The largest absolute Gasteiger partial charge is 0.417 e. The molecule has 0 radical (unpaired) electrons. The molecule has 0 aliphatic heterocycles. The maximum Gasteiger partial charge on any atom is 0.417 e. The molecule has 0 bridgehead atoms. The van der Waals surface area contributed by atoms with Gasteiger partial charge in [0.1, 0.15) is 12.6 Å². The number of halogens is 5. The first kappa shape index (κ1) is 28.7. The summed E-state index contributed by atoms with van der Waals surface area (Å²) in [6.45, 7) is 0.683. The van der Waals surface area contributed by atoms with E-state index in [0.29, 0.717) is 21.0 Å². The summed E-state index contributed by atoms with van der Waals surface area (Å²) in [5, 5.41) is 2.17. The van der Waals surface area contributed by atoms with Crippen LogP contribution in [0.25, 0.3) is 0 Å². The molecule has 192 valence electrons. The highest BCUT2D eigenvalue weighted by Crippen LogP contribution is 2.37. The summed E-state index contributed by atoms with van der Waals surface area (Å²) in [6.07, 6.45) is -3.90. The lowest BCUT2D eigenvalue weighted by atomic mass is 10.1. The van der Waals surface area contributed by atoms with Gasteiger partial charge in [-0.3, -0.25) is 13.9 Å². The van der Waals surface area contributed by atoms with E-state index >= 15 is 0 Å². The Morgan fingerprint density at radius 1 is 1.09 bits per heavy atom. The van der Waals surface area contributed by atoms with E-state index in [1.54, 1.807) is 31.2 Å². The van der Waals surface area contributed by atoms with Crippen LogP contribution in [0.1, 0.15) is 24.5 Å². The fourth-order valence-electron chi connectivity index (χ4n) is 3.40. The smallest absolute Gasteiger partial charge is 0.357 e. The van der Waals surface area contributed by atoms with Crippen molar-refractivity contribution in [2.45, 2.75) is 32.1 Å². The Balaban J connectivity index is 2.53. The minimum absolute atomic E-state index is 0.129. The van der Waals surface area contributed by atoms with Gasteiger partial charge in [0.2, 0.25) is 21.8 Å².